The summed E-state index contributed by atoms with van der Waals surface area (Å²) in [7, 11) is 0. The largest absolute Gasteiger partial charge is 0.324 e. The minimum atomic E-state index is 0.168. The fraction of sp³-hybridized carbons (Fsp3) is 0.412. The van der Waals surface area contributed by atoms with Gasteiger partial charge in [0, 0.05) is 10.9 Å². The normalized spacial score (nSPS) is 12.8. The van der Waals surface area contributed by atoms with Crippen molar-refractivity contribution in [3.63, 3.8) is 0 Å². The number of nitrogens with two attached hydrogens (primary N) is 1. The van der Waals surface area contributed by atoms with E-state index in [1.54, 1.807) is 0 Å². The smallest absolute Gasteiger partial charge is 0.0294 e. The topological polar surface area (TPSA) is 26.0 Å². The van der Waals surface area contributed by atoms with Crippen LogP contribution in [0.25, 0.3) is 0 Å². The van der Waals surface area contributed by atoms with Crippen molar-refractivity contribution < 1.29 is 0 Å². The molecule has 1 atom stereocenters. The molecule has 0 bridgehead atoms. The number of hydrogen-bond donors (Lipinski definition) is 1. The van der Waals surface area contributed by atoms with Gasteiger partial charge in [-0.15, -0.1) is 11.3 Å². The Morgan fingerprint density at radius 3 is 2.32 bits per heavy atom. The molecule has 1 nitrogen and oxygen atoms in total. The van der Waals surface area contributed by atoms with Crippen LogP contribution in [-0.4, -0.2) is 0 Å². The molecule has 1 unspecified atom stereocenters. The molecule has 2 heteroatoms. The first kappa shape index (κ1) is 14.3. The summed E-state index contributed by atoms with van der Waals surface area (Å²) >= 11 is 1.83. The van der Waals surface area contributed by atoms with Crippen LogP contribution in [0.4, 0.5) is 0 Å². The Hall–Kier alpha value is -1.12. The van der Waals surface area contributed by atoms with E-state index in [9.17, 15) is 0 Å². The Morgan fingerprint density at radius 2 is 1.74 bits per heavy atom. The van der Waals surface area contributed by atoms with Crippen LogP contribution in [0, 0.1) is 0 Å². The zero-order valence-corrected chi connectivity index (χ0v) is 12.6. The first-order chi connectivity index (χ1) is 9.16. The lowest BCUT2D eigenvalue weighted by Gasteiger charge is -2.13. The van der Waals surface area contributed by atoms with Gasteiger partial charge in [-0.05, 0) is 47.8 Å². The molecule has 0 aliphatic carbocycles. The molecule has 102 valence electrons. The summed E-state index contributed by atoms with van der Waals surface area (Å²) in [5.41, 5.74) is 8.91. The average Bonchev–Trinajstić information content (AvgIpc) is 2.92. The lowest BCUT2D eigenvalue weighted by molar-refractivity contribution is 0.613. The summed E-state index contributed by atoms with van der Waals surface area (Å²) in [6, 6.07) is 13.3. The number of hydrogen-bond acceptors (Lipinski definition) is 2. The molecular formula is C17H23NS. The van der Waals surface area contributed by atoms with Crippen LogP contribution >= 0.6 is 11.3 Å². The predicted molar refractivity (Wildman–Crippen MR) is 84.7 cm³/mol. The molecule has 19 heavy (non-hydrogen) atoms. The molecule has 2 rings (SSSR count). The fourth-order valence-corrected chi connectivity index (χ4v) is 3.00. The van der Waals surface area contributed by atoms with Crippen LogP contribution in [-0.2, 0) is 6.42 Å². The Labute approximate surface area is 120 Å². The summed E-state index contributed by atoms with van der Waals surface area (Å²) in [4.78, 5) is 1.46. The van der Waals surface area contributed by atoms with E-state index in [-0.39, 0.29) is 6.04 Å². The van der Waals surface area contributed by atoms with Crippen LogP contribution in [0.3, 0.4) is 0 Å². The molecule has 0 radical (unpaired) electrons. The first-order valence-electron chi connectivity index (χ1n) is 7.04. The quantitative estimate of drug-likeness (QED) is 0.796. The zero-order chi connectivity index (χ0) is 13.7. The minimum absolute atomic E-state index is 0.168. The Balaban J connectivity index is 1.83. The SMILES string of the molecule is CC(C)c1ccc(C(N)CCCc2cccs2)cc1. The van der Waals surface area contributed by atoms with E-state index in [0.29, 0.717) is 5.92 Å². The molecule has 0 spiro atoms. The van der Waals surface area contributed by atoms with Crippen molar-refractivity contribution in [3.05, 3.63) is 57.8 Å². The molecule has 0 amide bonds. The second-order valence-electron chi connectivity index (χ2n) is 5.40. The van der Waals surface area contributed by atoms with E-state index in [1.165, 1.54) is 16.0 Å². The standard InChI is InChI=1S/C17H23NS/c1-13(2)14-8-10-15(11-9-14)17(18)7-3-5-16-6-4-12-19-16/h4,6,8-13,17H,3,5,7,18H2,1-2H3. The average molecular weight is 273 g/mol. The summed E-state index contributed by atoms with van der Waals surface area (Å²) < 4.78 is 0. The van der Waals surface area contributed by atoms with Crippen molar-refractivity contribution in [2.45, 2.75) is 45.1 Å². The third-order valence-electron chi connectivity index (χ3n) is 3.55. The Bertz CT molecular complexity index is 470. The molecule has 0 aliphatic rings. The molecule has 1 aromatic heterocycles. The van der Waals surface area contributed by atoms with Crippen LogP contribution in [0.5, 0.6) is 0 Å². The van der Waals surface area contributed by atoms with E-state index in [2.05, 4.69) is 55.6 Å². The van der Waals surface area contributed by atoms with Gasteiger partial charge in [-0.2, -0.15) is 0 Å². The van der Waals surface area contributed by atoms with Crippen molar-refractivity contribution in [1.29, 1.82) is 0 Å². The van der Waals surface area contributed by atoms with Crippen molar-refractivity contribution in [2.75, 3.05) is 0 Å². The number of aryl methyl sites for hydroxylation is 1. The van der Waals surface area contributed by atoms with E-state index in [1.807, 2.05) is 11.3 Å². The van der Waals surface area contributed by atoms with Gasteiger partial charge < -0.3 is 5.73 Å². The minimum Gasteiger partial charge on any atom is -0.324 e. The van der Waals surface area contributed by atoms with E-state index >= 15 is 0 Å². The lowest BCUT2D eigenvalue weighted by Crippen LogP contribution is -2.10. The lowest BCUT2D eigenvalue weighted by atomic mass is 9.97. The highest BCUT2D eigenvalue weighted by Gasteiger charge is 2.07. The summed E-state index contributed by atoms with van der Waals surface area (Å²) in [6.45, 7) is 4.44. The van der Waals surface area contributed by atoms with Crippen molar-refractivity contribution in [1.82, 2.24) is 0 Å². The first-order valence-corrected chi connectivity index (χ1v) is 7.92. The molecule has 0 saturated heterocycles. The van der Waals surface area contributed by atoms with Gasteiger partial charge in [-0.3, -0.25) is 0 Å². The van der Waals surface area contributed by atoms with Crippen molar-refractivity contribution in [2.24, 2.45) is 5.73 Å². The molecule has 2 N–H and O–H groups in total. The van der Waals surface area contributed by atoms with Gasteiger partial charge in [0.25, 0.3) is 0 Å². The summed E-state index contributed by atoms with van der Waals surface area (Å²) in [5, 5.41) is 2.14. The van der Waals surface area contributed by atoms with Crippen LogP contribution < -0.4 is 5.73 Å². The van der Waals surface area contributed by atoms with Crippen molar-refractivity contribution in [3.8, 4) is 0 Å². The number of thiophene rings is 1. The molecule has 0 saturated carbocycles. The second kappa shape index (κ2) is 6.88. The van der Waals surface area contributed by atoms with E-state index in [0.717, 1.165) is 19.3 Å². The predicted octanol–water partition coefficient (Wildman–Crippen LogP) is 4.89. The molecular weight excluding hydrogens is 250 g/mol. The second-order valence-corrected chi connectivity index (χ2v) is 6.43. The maximum absolute atomic E-state index is 6.26. The van der Waals surface area contributed by atoms with Gasteiger partial charge in [-0.1, -0.05) is 44.2 Å². The highest BCUT2D eigenvalue weighted by Crippen LogP contribution is 2.21. The van der Waals surface area contributed by atoms with Gasteiger partial charge >= 0.3 is 0 Å². The van der Waals surface area contributed by atoms with E-state index < -0.39 is 0 Å². The summed E-state index contributed by atoms with van der Waals surface area (Å²) in [6.07, 6.45) is 3.36. The van der Waals surface area contributed by atoms with Crippen LogP contribution in [0.15, 0.2) is 41.8 Å². The van der Waals surface area contributed by atoms with Gasteiger partial charge in [0.1, 0.15) is 0 Å². The Kier molecular flexibility index (Phi) is 5.17. The number of rotatable bonds is 6. The maximum Gasteiger partial charge on any atom is 0.0294 e. The number of benzene rings is 1. The zero-order valence-electron chi connectivity index (χ0n) is 11.8. The molecule has 1 heterocycles. The molecule has 0 fully saturated rings. The highest BCUT2D eigenvalue weighted by atomic mass is 32.1. The third kappa shape index (κ3) is 4.19. The molecule has 0 aliphatic heterocycles. The maximum atomic E-state index is 6.26. The van der Waals surface area contributed by atoms with Gasteiger partial charge in [-0.25, -0.2) is 0 Å². The molecule has 2 aromatic rings. The third-order valence-corrected chi connectivity index (χ3v) is 4.49. The van der Waals surface area contributed by atoms with Gasteiger partial charge in [0.15, 0.2) is 0 Å². The van der Waals surface area contributed by atoms with Gasteiger partial charge in [0.05, 0.1) is 0 Å². The summed E-state index contributed by atoms with van der Waals surface area (Å²) in [5.74, 6) is 0.587. The van der Waals surface area contributed by atoms with Crippen LogP contribution in [0.2, 0.25) is 0 Å². The van der Waals surface area contributed by atoms with Gasteiger partial charge in [0.2, 0.25) is 0 Å². The Morgan fingerprint density at radius 1 is 1.05 bits per heavy atom. The van der Waals surface area contributed by atoms with Crippen molar-refractivity contribution >= 4 is 11.3 Å². The van der Waals surface area contributed by atoms with Crippen LogP contribution in [0.1, 0.15) is 54.7 Å². The monoisotopic (exact) mass is 273 g/mol. The molecule has 1 aromatic carbocycles. The fourth-order valence-electron chi connectivity index (χ4n) is 2.25. The highest BCUT2D eigenvalue weighted by molar-refractivity contribution is 7.09. The van der Waals surface area contributed by atoms with E-state index in [4.69, 9.17) is 5.73 Å².